The molecule has 1 amide bonds. The Labute approximate surface area is 165 Å². The predicted octanol–water partition coefficient (Wildman–Crippen LogP) is 1.34. The molecule has 0 spiro atoms. The number of aromatic nitrogens is 3. The lowest BCUT2D eigenvalue weighted by Gasteiger charge is -2.41. The molecule has 1 saturated heterocycles. The summed E-state index contributed by atoms with van der Waals surface area (Å²) in [6.07, 6.45) is 6.18. The van der Waals surface area contributed by atoms with E-state index in [2.05, 4.69) is 27.1 Å². The molecular formula is C20H27N5O3. The Hall–Kier alpha value is -2.61. The Morgan fingerprint density at radius 1 is 1.18 bits per heavy atom. The van der Waals surface area contributed by atoms with E-state index in [4.69, 9.17) is 9.47 Å². The summed E-state index contributed by atoms with van der Waals surface area (Å²) < 4.78 is 12.5. The second-order valence-corrected chi connectivity index (χ2v) is 7.43. The minimum Gasteiger partial charge on any atom is -0.493 e. The Morgan fingerprint density at radius 2 is 1.96 bits per heavy atom. The average molecular weight is 385 g/mol. The largest absolute Gasteiger partial charge is 0.493 e. The van der Waals surface area contributed by atoms with Crippen molar-refractivity contribution in [1.29, 1.82) is 0 Å². The van der Waals surface area contributed by atoms with E-state index in [0.717, 1.165) is 56.9 Å². The third-order valence-corrected chi connectivity index (χ3v) is 5.78. The van der Waals surface area contributed by atoms with Crippen molar-refractivity contribution in [2.24, 2.45) is 0 Å². The highest BCUT2D eigenvalue weighted by atomic mass is 16.5. The molecule has 28 heavy (non-hydrogen) atoms. The molecule has 1 fully saturated rings. The summed E-state index contributed by atoms with van der Waals surface area (Å²) in [5.41, 5.74) is 2.61. The Balaban J connectivity index is 1.43. The zero-order chi connectivity index (χ0) is 19.5. The first-order valence-electron chi connectivity index (χ1n) is 9.76. The number of likely N-dealkylation sites (tertiary alicyclic amines) is 1. The first-order valence-corrected chi connectivity index (χ1v) is 9.76. The maximum Gasteiger partial charge on any atom is 0.244 e. The van der Waals surface area contributed by atoms with Gasteiger partial charge in [0, 0.05) is 32.2 Å². The van der Waals surface area contributed by atoms with Crippen LogP contribution >= 0.6 is 0 Å². The van der Waals surface area contributed by atoms with Crippen LogP contribution in [-0.4, -0.2) is 70.4 Å². The van der Waals surface area contributed by atoms with Crippen LogP contribution in [0.2, 0.25) is 0 Å². The highest BCUT2D eigenvalue weighted by Crippen LogP contribution is 2.34. The maximum atomic E-state index is 12.6. The van der Waals surface area contributed by atoms with Gasteiger partial charge < -0.3 is 14.4 Å². The lowest BCUT2D eigenvalue weighted by Crippen LogP contribution is -2.51. The molecule has 2 aromatic rings. The molecule has 0 saturated carbocycles. The summed E-state index contributed by atoms with van der Waals surface area (Å²) in [7, 11) is 3.34. The van der Waals surface area contributed by atoms with Gasteiger partial charge in [0.05, 0.1) is 14.2 Å². The summed E-state index contributed by atoms with van der Waals surface area (Å²) in [5.74, 6) is 1.67. The number of carbonyl (C=O) groups excluding carboxylic acids is 1. The first kappa shape index (κ1) is 18.7. The van der Waals surface area contributed by atoms with E-state index < -0.39 is 0 Å². The molecule has 1 unspecified atom stereocenters. The van der Waals surface area contributed by atoms with Crippen LogP contribution in [0.25, 0.3) is 0 Å². The molecule has 8 heteroatoms. The number of methoxy groups -OCH3 is 2. The first-order chi connectivity index (χ1) is 13.7. The zero-order valence-corrected chi connectivity index (χ0v) is 16.5. The number of ether oxygens (including phenoxy) is 2. The number of fused-ring (bicyclic) bond motifs is 1. The van der Waals surface area contributed by atoms with E-state index in [9.17, 15) is 4.79 Å². The summed E-state index contributed by atoms with van der Waals surface area (Å²) in [4.78, 5) is 21.0. The van der Waals surface area contributed by atoms with Gasteiger partial charge in [-0.15, -0.1) is 0 Å². The van der Waals surface area contributed by atoms with Crippen LogP contribution in [-0.2, 0) is 24.3 Å². The average Bonchev–Trinajstić information content (AvgIpc) is 3.25. The maximum absolute atomic E-state index is 12.6. The molecule has 4 rings (SSSR count). The molecule has 2 aliphatic heterocycles. The monoisotopic (exact) mass is 385 g/mol. The van der Waals surface area contributed by atoms with Crippen LogP contribution in [0.3, 0.4) is 0 Å². The van der Waals surface area contributed by atoms with Gasteiger partial charge in [-0.1, -0.05) is 0 Å². The van der Waals surface area contributed by atoms with Crippen molar-refractivity contribution in [3.8, 4) is 11.5 Å². The van der Waals surface area contributed by atoms with Gasteiger partial charge in [0.1, 0.15) is 19.2 Å². The summed E-state index contributed by atoms with van der Waals surface area (Å²) in [6, 6.07) is 4.58. The smallest absolute Gasteiger partial charge is 0.244 e. The topological polar surface area (TPSA) is 72.7 Å². The number of hydrogen-bond donors (Lipinski definition) is 0. The van der Waals surface area contributed by atoms with Crippen LogP contribution in [0.15, 0.2) is 24.8 Å². The normalized spacial score (nSPS) is 19.9. The van der Waals surface area contributed by atoms with E-state index in [1.165, 1.54) is 17.5 Å². The van der Waals surface area contributed by atoms with Crippen molar-refractivity contribution >= 4 is 5.91 Å². The third-order valence-electron chi connectivity index (χ3n) is 5.78. The van der Waals surface area contributed by atoms with Gasteiger partial charge in [0.25, 0.3) is 0 Å². The number of amides is 1. The van der Waals surface area contributed by atoms with Gasteiger partial charge in [-0.05, 0) is 42.5 Å². The van der Waals surface area contributed by atoms with E-state index >= 15 is 0 Å². The predicted molar refractivity (Wildman–Crippen MR) is 103 cm³/mol. The van der Waals surface area contributed by atoms with Crippen LogP contribution in [0.4, 0.5) is 0 Å². The number of benzene rings is 1. The number of carbonyl (C=O) groups is 1. The van der Waals surface area contributed by atoms with Crippen molar-refractivity contribution in [3.05, 3.63) is 35.9 Å². The van der Waals surface area contributed by atoms with Crippen molar-refractivity contribution in [2.45, 2.75) is 38.4 Å². The van der Waals surface area contributed by atoms with Crippen molar-refractivity contribution in [3.63, 3.8) is 0 Å². The molecular weight excluding hydrogens is 358 g/mol. The zero-order valence-electron chi connectivity index (χ0n) is 16.5. The molecule has 1 aromatic heterocycles. The molecule has 2 aliphatic rings. The quantitative estimate of drug-likeness (QED) is 0.774. The van der Waals surface area contributed by atoms with Gasteiger partial charge in [-0.2, -0.15) is 5.10 Å². The Morgan fingerprint density at radius 3 is 2.68 bits per heavy atom. The van der Waals surface area contributed by atoms with Crippen LogP contribution in [0.1, 0.15) is 24.0 Å². The minimum absolute atomic E-state index is 0.110. The second kappa shape index (κ2) is 8.18. The fraction of sp³-hybridized carbons (Fsp3) is 0.550. The summed E-state index contributed by atoms with van der Waals surface area (Å²) in [6.45, 7) is 3.73. The lowest BCUT2D eigenvalue weighted by atomic mass is 9.95. The summed E-state index contributed by atoms with van der Waals surface area (Å²) in [5, 5.41) is 4.04. The van der Waals surface area contributed by atoms with Gasteiger partial charge in [0.2, 0.25) is 5.91 Å². The molecule has 8 nitrogen and oxygen atoms in total. The van der Waals surface area contributed by atoms with Crippen LogP contribution in [0, 0.1) is 0 Å². The number of piperidine rings is 1. The minimum atomic E-state index is 0.110. The van der Waals surface area contributed by atoms with Crippen molar-refractivity contribution in [1.82, 2.24) is 24.6 Å². The highest BCUT2D eigenvalue weighted by Gasteiger charge is 2.30. The number of nitrogens with zero attached hydrogens (tertiary/aromatic N) is 5. The van der Waals surface area contributed by atoms with E-state index in [1.807, 2.05) is 4.90 Å². The fourth-order valence-electron chi connectivity index (χ4n) is 4.25. The SMILES string of the molecule is COc1cc2c(cc1OC)CN(C1CCCN(C(=O)Cn3cncn3)C1)CC2. The second-order valence-electron chi connectivity index (χ2n) is 7.43. The standard InChI is InChI=1S/C20H27N5O3/c1-27-18-8-15-5-7-23(10-16(15)9-19(18)28-2)17-4-3-6-24(11-17)20(26)12-25-14-21-13-22-25/h8-9,13-14,17H,3-7,10-12H2,1-2H3. The van der Waals surface area contributed by atoms with Crippen LogP contribution < -0.4 is 9.47 Å². The number of rotatable bonds is 5. The van der Waals surface area contributed by atoms with E-state index in [0.29, 0.717) is 6.04 Å². The Kier molecular flexibility index (Phi) is 5.47. The third kappa shape index (κ3) is 3.82. The van der Waals surface area contributed by atoms with Gasteiger partial charge in [0.15, 0.2) is 11.5 Å². The molecule has 1 aromatic carbocycles. The van der Waals surface area contributed by atoms with Crippen LogP contribution in [0.5, 0.6) is 11.5 Å². The van der Waals surface area contributed by atoms with Gasteiger partial charge >= 0.3 is 0 Å². The summed E-state index contributed by atoms with van der Waals surface area (Å²) >= 11 is 0. The van der Waals surface area contributed by atoms with Crippen molar-refractivity contribution in [2.75, 3.05) is 33.9 Å². The Bertz CT molecular complexity index is 823. The molecule has 0 aliphatic carbocycles. The molecule has 150 valence electrons. The molecule has 0 N–H and O–H groups in total. The van der Waals surface area contributed by atoms with Gasteiger partial charge in [-0.25, -0.2) is 9.67 Å². The van der Waals surface area contributed by atoms with Crippen molar-refractivity contribution < 1.29 is 14.3 Å². The molecule has 3 heterocycles. The van der Waals surface area contributed by atoms with Gasteiger partial charge in [-0.3, -0.25) is 9.69 Å². The fourth-order valence-corrected chi connectivity index (χ4v) is 4.25. The van der Waals surface area contributed by atoms with E-state index in [-0.39, 0.29) is 12.5 Å². The lowest BCUT2D eigenvalue weighted by molar-refractivity contribution is -0.134. The molecule has 1 atom stereocenters. The number of hydrogen-bond acceptors (Lipinski definition) is 6. The molecule has 0 bridgehead atoms. The molecule has 0 radical (unpaired) electrons. The highest BCUT2D eigenvalue weighted by molar-refractivity contribution is 5.76. The van der Waals surface area contributed by atoms with E-state index in [1.54, 1.807) is 25.2 Å².